The molecule has 1 fully saturated rings. The lowest BCUT2D eigenvalue weighted by Crippen LogP contribution is -2.26. The molecule has 0 radical (unpaired) electrons. The van der Waals surface area contributed by atoms with E-state index in [0.717, 1.165) is 12.8 Å². The Kier molecular flexibility index (Phi) is 3.61. The van der Waals surface area contributed by atoms with Crippen molar-refractivity contribution in [3.05, 3.63) is 34.4 Å². The topological polar surface area (TPSA) is 55.2 Å². The van der Waals surface area contributed by atoms with E-state index < -0.39 is 0 Å². The molecule has 0 spiro atoms. The highest BCUT2D eigenvalue weighted by Crippen LogP contribution is 2.29. The van der Waals surface area contributed by atoms with Gasteiger partial charge in [0.15, 0.2) is 0 Å². The molecule has 4 nitrogen and oxygen atoms in total. The van der Waals surface area contributed by atoms with Gasteiger partial charge in [0, 0.05) is 12.1 Å². The normalized spacial score (nSPS) is 24.3. The van der Waals surface area contributed by atoms with E-state index in [2.05, 4.69) is 12.2 Å². The first kappa shape index (κ1) is 11.9. The fourth-order valence-electron chi connectivity index (χ4n) is 2.54. The van der Waals surface area contributed by atoms with Crippen LogP contribution in [0.15, 0.2) is 24.3 Å². The Balaban J connectivity index is 2.10. The predicted molar refractivity (Wildman–Crippen MR) is 68.1 cm³/mol. The minimum atomic E-state index is -0.325. The molecule has 0 aliphatic heterocycles. The van der Waals surface area contributed by atoms with Gasteiger partial charge in [0.05, 0.1) is 4.92 Å². The maximum Gasteiger partial charge on any atom is 0.292 e. The zero-order valence-corrected chi connectivity index (χ0v) is 10.1. The third-order valence-electron chi connectivity index (χ3n) is 3.40. The van der Waals surface area contributed by atoms with Crippen molar-refractivity contribution >= 4 is 11.4 Å². The molecule has 0 amide bonds. The van der Waals surface area contributed by atoms with Crippen LogP contribution in [0.1, 0.15) is 32.6 Å². The monoisotopic (exact) mass is 234 g/mol. The summed E-state index contributed by atoms with van der Waals surface area (Å²) in [5, 5.41) is 14.2. The summed E-state index contributed by atoms with van der Waals surface area (Å²) in [7, 11) is 0. The minimum Gasteiger partial charge on any atom is -0.377 e. The van der Waals surface area contributed by atoms with Crippen molar-refractivity contribution in [1.29, 1.82) is 0 Å². The quantitative estimate of drug-likeness (QED) is 0.642. The van der Waals surface area contributed by atoms with Gasteiger partial charge >= 0.3 is 0 Å². The summed E-state index contributed by atoms with van der Waals surface area (Å²) < 4.78 is 0. The number of nitrogens with one attached hydrogen (secondary N) is 1. The molecule has 0 heterocycles. The Labute approximate surface area is 101 Å². The SMILES string of the molecule is CC1CCCC(Nc2ccccc2[N+](=O)[O-])C1. The molecule has 0 saturated heterocycles. The molecule has 0 bridgehead atoms. The number of nitro groups is 1. The second-order valence-corrected chi connectivity index (χ2v) is 4.89. The van der Waals surface area contributed by atoms with E-state index in [1.54, 1.807) is 18.2 Å². The van der Waals surface area contributed by atoms with E-state index in [-0.39, 0.29) is 10.6 Å². The second-order valence-electron chi connectivity index (χ2n) is 4.89. The summed E-state index contributed by atoms with van der Waals surface area (Å²) in [6, 6.07) is 7.25. The lowest BCUT2D eigenvalue weighted by atomic mass is 9.87. The van der Waals surface area contributed by atoms with Gasteiger partial charge in [-0.1, -0.05) is 31.9 Å². The molecule has 2 unspecified atom stereocenters. The van der Waals surface area contributed by atoms with E-state index in [1.807, 2.05) is 6.07 Å². The second kappa shape index (κ2) is 5.17. The number of rotatable bonds is 3. The van der Waals surface area contributed by atoms with Crippen LogP contribution in [0.3, 0.4) is 0 Å². The summed E-state index contributed by atoms with van der Waals surface area (Å²) in [5.74, 6) is 0.712. The van der Waals surface area contributed by atoms with E-state index in [1.165, 1.54) is 12.8 Å². The molecule has 1 saturated carbocycles. The van der Waals surface area contributed by atoms with Crippen LogP contribution >= 0.6 is 0 Å². The third kappa shape index (κ3) is 2.96. The van der Waals surface area contributed by atoms with E-state index in [0.29, 0.717) is 17.6 Å². The van der Waals surface area contributed by atoms with Crippen molar-refractivity contribution in [2.75, 3.05) is 5.32 Å². The number of para-hydroxylation sites is 2. The van der Waals surface area contributed by atoms with Crippen LogP contribution in [0.25, 0.3) is 0 Å². The van der Waals surface area contributed by atoms with Gasteiger partial charge in [0.1, 0.15) is 5.69 Å². The van der Waals surface area contributed by atoms with Gasteiger partial charge in [-0.15, -0.1) is 0 Å². The van der Waals surface area contributed by atoms with Crippen molar-refractivity contribution in [2.45, 2.75) is 38.6 Å². The first-order valence-corrected chi connectivity index (χ1v) is 6.17. The van der Waals surface area contributed by atoms with Gasteiger partial charge in [-0.05, 0) is 24.8 Å². The number of hydrogen-bond donors (Lipinski definition) is 1. The van der Waals surface area contributed by atoms with Gasteiger partial charge in [-0.25, -0.2) is 0 Å². The zero-order valence-electron chi connectivity index (χ0n) is 10.1. The van der Waals surface area contributed by atoms with Crippen LogP contribution < -0.4 is 5.32 Å². The van der Waals surface area contributed by atoms with Crippen LogP contribution in [0.5, 0.6) is 0 Å². The highest BCUT2D eigenvalue weighted by molar-refractivity contribution is 5.61. The van der Waals surface area contributed by atoms with Crippen LogP contribution in [0.4, 0.5) is 11.4 Å². The van der Waals surface area contributed by atoms with E-state index in [9.17, 15) is 10.1 Å². The Bertz CT molecular complexity index is 406. The highest BCUT2D eigenvalue weighted by Gasteiger charge is 2.21. The van der Waals surface area contributed by atoms with Crippen molar-refractivity contribution < 1.29 is 4.92 Å². The maximum absolute atomic E-state index is 10.9. The van der Waals surface area contributed by atoms with Crippen LogP contribution in [0, 0.1) is 16.0 Å². The lowest BCUT2D eigenvalue weighted by molar-refractivity contribution is -0.384. The molecule has 92 valence electrons. The van der Waals surface area contributed by atoms with Gasteiger partial charge in [-0.2, -0.15) is 0 Å². The van der Waals surface area contributed by atoms with E-state index >= 15 is 0 Å². The number of hydrogen-bond acceptors (Lipinski definition) is 3. The molecule has 17 heavy (non-hydrogen) atoms. The molecular weight excluding hydrogens is 216 g/mol. The van der Waals surface area contributed by atoms with E-state index in [4.69, 9.17) is 0 Å². The molecular formula is C13H18N2O2. The van der Waals surface area contributed by atoms with Gasteiger partial charge < -0.3 is 5.32 Å². The van der Waals surface area contributed by atoms with Crippen LogP contribution in [-0.2, 0) is 0 Å². The van der Waals surface area contributed by atoms with Crippen molar-refractivity contribution in [3.63, 3.8) is 0 Å². The number of benzene rings is 1. The molecule has 2 rings (SSSR count). The fraction of sp³-hybridized carbons (Fsp3) is 0.538. The summed E-state index contributed by atoms with van der Waals surface area (Å²) in [6.07, 6.45) is 4.69. The maximum atomic E-state index is 10.9. The lowest BCUT2D eigenvalue weighted by Gasteiger charge is -2.28. The first-order chi connectivity index (χ1) is 8.16. The average Bonchev–Trinajstić information content (AvgIpc) is 2.29. The molecule has 1 aromatic rings. The van der Waals surface area contributed by atoms with Crippen LogP contribution in [0.2, 0.25) is 0 Å². The standard InChI is InChI=1S/C13H18N2O2/c1-10-5-4-6-11(9-10)14-12-7-2-3-8-13(12)15(16)17/h2-3,7-8,10-11,14H,4-6,9H2,1H3. The number of nitrogens with zero attached hydrogens (tertiary/aromatic N) is 1. The van der Waals surface area contributed by atoms with Crippen molar-refractivity contribution in [1.82, 2.24) is 0 Å². The molecule has 1 aromatic carbocycles. The largest absolute Gasteiger partial charge is 0.377 e. The predicted octanol–water partition coefficient (Wildman–Crippen LogP) is 3.59. The smallest absolute Gasteiger partial charge is 0.292 e. The Morgan fingerprint density at radius 1 is 1.35 bits per heavy atom. The van der Waals surface area contributed by atoms with Gasteiger partial charge in [-0.3, -0.25) is 10.1 Å². The van der Waals surface area contributed by atoms with Crippen molar-refractivity contribution in [2.24, 2.45) is 5.92 Å². The number of nitro benzene ring substituents is 1. The molecule has 0 aromatic heterocycles. The van der Waals surface area contributed by atoms with Gasteiger partial charge in [0.25, 0.3) is 5.69 Å². The van der Waals surface area contributed by atoms with Crippen molar-refractivity contribution in [3.8, 4) is 0 Å². The Hall–Kier alpha value is -1.58. The van der Waals surface area contributed by atoms with Crippen LogP contribution in [-0.4, -0.2) is 11.0 Å². The average molecular weight is 234 g/mol. The highest BCUT2D eigenvalue weighted by atomic mass is 16.6. The minimum absolute atomic E-state index is 0.172. The number of anilines is 1. The molecule has 1 aliphatic carbocycles. The summed E-state index contributed by atoms with van der Waals surface area (Å²) in [5.41, 5.74) is 0.822. The Morgan fingerprint density at radius 2 is 2.12 bits per heavy atom. The Morgan fingerprint density at radius 3 is 2.82 bits per heavy atom. The zero-order chi connectivity index (χ0) is 12.3. The summed E-state index contributed by atoms with van der Waals surface area (Å²) >= 11 is 0. The molecule has 1 N–H and O–H groups in total. The molecule has 4 heteroatoms. The fourth-order valence-corrected chi connectivity index (χ4v) is 2.54. The summed E-state index contributed by atoms with van der Waals surface area (Å²) in [4.78, 5) is 10.6. The third-order valence-corrected chi connectivity index (χ3v) is 3.40. The van der Waals surface area contributed by atoms with Gasteiger partial charge in [0.2, 0.25) is 0 Å². The first-order valence-electron chi connectivity index (χ1n) is 6.17. The molecule has 1 aliphatic rings. The molecule has 2 atom stereocenters. The summed E-state index contributed by atoms with van der Waals surface area (Å²) in [6.45, 7) is 2.24.